The molecule has 0 radical (unpaired) electrons. The third kappa shape index (κ3) is 0.651. The van der Waals surface area contributed by atoms with Crippen molar-refractivity contribution in [1.29, 1.82) is 0 Å². The Hall–Kier alpha value is -0.640. The predicted molar refractivity (Wildman–Crippen MR) is 24.7 cm³/mol. The molecule has 0 aromatic carbocycles. The Labute approximate surface area is 37.5 Å². The molecule has 0 saturated heterocycles. The first-order chi connectivity index (χ1) is 2.93. The van der Waals surface area contributed by atoms with Gasteiger partial charge in [-0.15, -0.1) is 0 Å². The van der Waals surface area contributed by atoms with Gasteiger partial charge in [0.25, 0.3) is 0 Å². The van der Waals surface area contributed by atoms with Crippen molar-refractivity contribution >= 4 is 0 Å². The average Bonchev–Trinajstić information content (AvgIpc) is 2.21. The van der Waals surface area contributed by atoms with Gasteiger partial charge in [-0.25, -0.2) is 0 Å². The highest BCUT2D eigenvalue weighted by Crippen LogP contribution is 2.26. The number of hydrogen-bond donors (Lipinski definition) is 1. The van der Waals surface area contributed by atoms with Crippen LogP contribution < -0.4 is 5.73 Å². The molecule has 0 unspecified atom stereocenters. The van der Waals surface area contributed by atoms with Crippen LogP contribution >= 0.6 is 0 Å². The number of rotatable bonds is 0. The van der Waals surface area contributed by atoms with Gasteiger partial charge >= 0.3 is 0 Å². The lowest BCUT2D eigenvalue weighted by atomic mass is 10.5. The number of nitrogens with two attached hydrogens (primary N) is 1. The van der Waals surface area contributed by atoms with Crippen LogP contribution in [-0.4, -0.2) is 0 Å². The quantitative estimate of drug-likeness (QED) is 0.330. The summed E-state index contributed by atoms with van der Waals surface area (Å²) in [7, 11) is 0. The van der Waals surface area contributed by atoms with Crippen LogP contribution in [0.2, 0.25) is 0 Å². The molecule has 32 valence electrons. The molecule has 1 heteroatoms. The van der Waals surface area contributed by atoms with Gasteiger partial charge in [0.15, 0.2) is 0 Å². The zero-order chi connectivity index (χ0) is 4.41. The van der Waals surface area contributed by atoms with Crippen LogP contribution in [0.15, 0.2) is 0 Å². The topological polar surface area (TPSA) is 26.0 Å². The van der Waals surface area contributed by atoms with Gasteiger partial charge in [-0.1, -0.05) is 5.92 Å². The van der Waals surface area contributed by atoms with Crippen molar-refractivity contribution in [2.45, 2.75) is 12.8 Å². The first-order valence-electron chi connectivity index (χ1n) is 2.14. The number of hydrogen-bond acceptors (Lipinski definition) is 1. The second-order valence-corrected chi connectivity index (χ2v) is 1.56. The molecule has 0 aromatic heterocycles. The Balaban J connectivity index is 2.27. The SMILES string of the molecule is NC#CC1CC1. The van der Waals surface area contributed by atoms with Crippen molar-refractivity contribution in [3.05, 3.63) is 0 Å². The van der Waals surface area contributed by atoms with Crippen molar-refractivity contribution in [2.75, 3.05) is 0 Å². The van der Waals surface area contributed by atoms with E-state index in [-0.39, 0.29) is 0 Å². The summed E-state index contributed by atoms with van der Waals surface area (Å²) in [6.45, 7) is 0. The maximum atomic E-state index is 4.91. The van der Waals surface area contributed by atoms with E-state index in [1.807, 2.05) is 0 Å². The van der Waals surface area contributed by atoms with Crippen molar-refractivity contribution in [3.8, 4) is 12.0 Å². The summed E-state index contributed by atoms with van der Waals surface area (Å²) in [6, 6.07) is 2.38. The smallest absolute Gasteiger partial charge is 0.0222 e. The Morgan fingerprint density at radius 1 is 1.50 bits per heavy atom. The Morgan fingerprint density at radius 2 is 2.17 bits per heavy atom. The third-order valence-electron chi connectivity index (χ3n) is 0.865. The molecule has 1 rings (SSSR count). The van der Waals surface area contributed by atoms with Gasteiger partial charge in [-0.05, 0) is 12.8 Å². The molecule has 1 saturated carbocycles. The molecule has 0 atom stereocenters. The summed E-state index contributed by atoms with van der Waals surface area (Å²) >= 11 is 0. The van der Waals surface area contributed by atoms with E-state index in [4.69, 9.17) is 5.73 Å². The van der Waals surface area contributed by atoms with Gasteiger partial charge in [0.2, 0.25) is 0 Å². The van der Waals surface area contributed by atoms with Crippen molar-refractivity contribution in [1.82, 2.24) is 0 Å². The molecule has 0 bridgehead atoms. The molecule has 0 amide bonds. The van der Waals surface area contributed by atoms with Crippen LogP contribution in [0, 0.1) is 17.9 Å². The first kappa shape index (κ1) is 3.55. The minimum absolute atomic E-state index is 0.662. The molecule has 0 aliphatic heterocycles. The lowest BCUT2D eigenvalue weighted by Gasteiger charge is -1.62. The second-order valence-electron chi connectivity index (χ2n) is 1.56. The Kier molecular flexibility index (Phi) is 0.719. The summed E-state index contributed by atoms with van der Waals surface area (Å²) in [6.07, 6.45) is 2.54. The standard InChI is InChI=1S/C5H7N/c6-4-3-5-1-2-5/h5H,1-2,6H2. The van der Waals surface area contributed by atoms with Crippen LogP contribution in [0.4, 0.5) is 0 Å². The third-order valence-corrected chi connectivity index (χ3v) is 0.865. The fraction of sp³-hybridized carbons (Fsp3) is 0.600. The van der Waals surface area contributed by atoms with E-state index in [0.717, 1.165) is 0 Å². The molecule has 0 spiro atoms. The summed E-state index contributed by atoms with van der Waals surface area (Å²) in [5.74, 6) is 3.51. The van der Waals surface area contributed by atoms with E-state index in [1.54, 1.807) is 0 Å². The van der Waals surface area contributed by atoms with Crippen molar-refractivity contribution in [3.63, 3.8) is 0 Å². The maximum absolute atomic E-state index is 4.91. The summed E-state index contributed by atoms with van der Waals surface area (Å²) in [4.78, 5) is 0. The molecule has 1 nitrogen and oxygen atoms in total. The first-order valence-corrected chi connectivity index (χ1v) is 2.14. The lowest BCUT2D eigenvalue weighted by Crippen LogP contribution is -1.76. The van der Waals surface area contributed by atoms with Crippen LogP contribution in [-0.2, 0) is 0 Å². The molecule has 1 fully saturated rings. The largest absolute Gasteiger partial charge is 0.359 e. The monoisotopic (exact) mass is 81.1 g/mol. The summed E-state index contributed by atoms with van der Waals surface area (Å²) in [5, 5.41) is 0. The maximum Gasteiger partial charge on any atom is 0.0222 e. The van der Waals surface area contributed by atoms with Crippen molar-refractivity contribution < 1.29 is 0 Å². The minimum atomic E-state index is 0.662. The van der Waals surface area contributed by atoms with Gasteiger partial charge in [-0.3, -0.25) is 0 Å². The zero-order valence-corrected chi connectivity index (χ0v) is 3.57. The average molecular weight is 81.1 g/mol. The minimum Gasteiger partial charge on any atom is -0.359 e. The molecule has 0 heterocycles. The highest BCUT2D eigenvalue weighted by molar-refractivity contribution is 5.06. The fourth-order valence-corrected chi connectivity index (χ4v) is 0.346. The van der Waals surface area contributed by atoms with Gasteiger partial charge in [0.05, 0.1) is 0 Å². The van der Waals surface area contributed by atoms with E-state index in [9.17, 15) is 0 Å². The predicted octanol–water partition coefficient (Wildman–Crippen LogP) is 0.316. The highest BCUT2D eigenvalue weighted by atomic mass is 14.5. The van der Waals surface area contributed by atoms with E-state index in [1.165, 1.54) is 12.8 Å². The van der Waals surface area contributed by atoms with E-state index in [0.29, 0.717) is 5.92 Å². The molecule has 6 heavy (non-hydrogen) atoms. The van der Waals surface area contributed by atoms with E-state index >= 15 is 0 Å². The van der Waals surface area contributed by atoms with E-state index in [2.05, 4.69) is 12.0 Å². The van der Waals surface area contributed by atoms with Crippen LogP contribution in [0.1, 0.15) is 12.8 Å². The lowest BCUT2D eigenvalue weighted by molar-refractivity contribution is 1.18. The normalized spacial score (nSPS) is 18.7. The highest BCUT2D eigenvalue weighted by Gasteiger charge is 2.17. The molecular formula is C5H7N. The van der Waals surface area contributed by atoms with Gasteiger partial charge in [0.1, 0.15) is 0 Å². The summed E-state index contributed by atoms with van der Waals surface area (Å²) < 4.78 is 0. The zero-order valence-electron chi connectivity index (χ0n) is 3.57. The Bertz CT molecular complexity index is 92.2. The van der Waals surface area contributed by atoms with Gasteiger partial charge in [0, 0.05) is 12.0 Å². The van der Waals surface area contributed by atoms with Crippen molar-refractivity contribution in [2.24, 2.45) is 11.7 Å². The van der Waals surface area contributed by atoms with Gasteiger partial charge in [-0.2, -0.15) is 0 Å². The molecular weight excluding hydrogens is 74.1 g/mol. The van der Waals surface area contributed by atoms with Crippen LogP contribution in [0.3, 0.4) is 0 Å². The molecule has 2 N–H and O–H groups in total. The molecule has 1 aliphatic rings. The van der Waals surface area contributed by atoms with Crippen LogP contribution in [0.25, 0.3) is 0 Å². The van der Waals surface area contributed by atoms with Crippen LogP contribution in [0.5, 0.6) is 0 Å². The Morgan fingerprint density at radius 3 is 2.33 bits per heavy atom. The molecule has 0 aromatic rings. The van der Waals surface area contributed by atoms with Gasteiger partial charge < -0.3 is 5.73 Å². The second kappa shape index (κ2) is 1.22. The summed E-state index contributed by atoms with van der Waals surface area (Å²) in [5.41, 5.74) is 4.91. The molecule has 1 aliphatic carbocycles. The fourth-order valence-electron chi connectivity index (χ4n) is 0.346. The van der Waals surface area contributed by atoms with E-state index < -0.39 is 0 Å².